The Morgan fingerprint density at radius 3 is 2.20 bits per heavy atom. The van der Waals surface area contributed by atoms with Gasteiger partial charge in [-0.2, -0.15) is 4.36 Å². The predicted molar refractivity (Wildman–Crippen MR) is 60.1 cm³/mol. The van der Waals surface area contributed by atoms with E-state index in [0.717, 1.165) is 13.1 Å². The Morgan fingerprint density at radius 2 is 1.87 bits per heavy atom. The van der Waals surface area contributed by atoms with Crippen LogP contribution in [0.3, 0.4) is 0 Å². The molecule has 15 heavy (non-hydrogen) atoms. The van der Waals surface area contributed by atoms with E-state index < -0.39 is 15.1 Å². The molecule has 2 aliphatic rings. The van der Waals surface area contributed by atoms with Crippen molar-refractivity contribution < 1.29 is 9.00 Å². The fraction of sp³-hybridized carbons (Fsp3) is 0.900. The largest absolute Gasteiger partial charge is 0.315 e. The second-order valence-corrected chi connectivity index (χ2v) is 8.12. The van der Waals surface area contributed by atoms with Crippen molar-refractivity contribution in [3.63, 3.8) is 0 Å². The van der Waals surface area contributed by atoms with Crippen LogP contribution in [0.4, 0.5) is 0 Å². The third kappa shape index (κ3) is 1.95. The van der Waals surface area contributed by atoms with E-state index in [4.69, 9.17) is 0 Å². The van der Waals surface area contributed by atoms with Crippen LogP contribution in [0.1, 0.15) is 20.8 Å². The summed E-state index contributed by atoms with van der Waals surface area (Å²) in [4.78, 5) is 11.6. The first-order valence-electron chi connectivity index (χ1n) is 5.23. The lowest BCUT2D eigenvalue weighted by Gasteiger charge is -2.50. The summed E-state index contributed by atoms with van der Waals surface area (Å²) in [5.41, 5.74) is -0.302. The molecule has 86 valence electrons. The maximum atomic E-state index is 12.1. The SMILES string of the molecule is CC(C)(C)C(=O)N=S1(=O)CC2(CNC2)C1. The Balaban J connectivity index is 2.10. The lowest BCUT2D eigenvalue weighted by molar-refractivity contribution is -0.124. The fourth-order valence-electron chi connectivity index (χ4n) is 1.95. The molecule has 0 atom stereocenters. The van der Waals surface area contributed by atoms with Crippen molar-refractivity contribution in [2.45, 2.75) is 20.8 Å². The summed E-state index contributed by atoms with van der Waals surface area (Å²) < 4.78 is 16.0. The van der Waals surface area contributed by atoms with Crippen molar-refractivity contribution in [2.75, 3.05) is 24.6 Å². The van der Waals surface area contributed by atoms with E-state index in [1.807, 2.05) is 0 Å². The van der Waals surface area contributed by atoms with Crippen LogP contribution in [0.5, 0.6) is 0 Å². The van der Waals surface area contributed by atoms with Gasteiger partial charge in [0.05, 0.1) is 9.73 Å². The molecule has 0 aliphatic carbocycles. The van der Waals surface area contributed by atoms with Gasteiger partial charge in [0.1, 0.15) is 0 Å². The quantitative estimate of drug-likeness (QED) is 0.664. The monoisotopic (exact) mass is 230 g/mol. The van der Waals surface area contributed by atoms with Crippen molar-refractivity contribution in [3.05, 3.63) is 0 Å². The molecular weight excluding hydrogens is 212 g/mol. The minimum Gasteiger partial charge on any atom is -0.315 e. The van der Waals surface area contributed by atoms with E-state index in [0.29, 0.717) is 11.5 Å². The minimum atomic E-state index is -2.20. The highest BCUT2D eigenvalue weighted by molar-refractivity contribution is 7.95. The summed E-state index contributed by atoms with van der Waals surface area (Å²) in [6, 6.07) is 0. The topological polar surface area (TPSA) is 58.5 Å². The number of hydrogen-bond donors (Lipinski definition) is 1. The number of carbonyl (C=O) groups is 1. The van der Waals surface area contributed by atoms with E-state index in [2.05, 4.69) is 9.68 Å². The lowest BCUT2D eigenvalue weighted by Crippen LogP contribution is -2.67. The van der Waals surface area contributed by atoms with Gasteiger partial charge in [-0.05, 0) is 0 Å². The van der Waals surface area contributed by atoms with Crippen LogP contribution in [0.15, 0.2) is 4.36 Å². The third-order valence-corrected chi connectivity index (χ3v) is 5.58. The van der Waals surface area contributed by atoms with E-state index in [1.165, 1.54) is 0 Å². The maximum Gasteiger partial charge on any atom is 0.259 e. The second kappa shape index (κ2) is 3.04. The van der Waals surface area contributed by atoms with Gasteiger partial charge in [-0.15, -0.1) is 0 Å². The molecule has 1 spiro atoms. The number of carbonyl (C=O) groups excluding carboxylic acids is 1. The molecule has 0 bridgehead atoms. The van der Waals surface area contributed by atoms with Gasteiger partial charge in [0.25, 0.3) is 5.91 Å². The summed E-state index contributed by atoms with van der Waals surface area (Å²) in [5, 5.41) is 3.17. The standard InChI is InChI=1S/C10H18N2O2S/c1-9(2,3)8(13)12-15(14)6-10(7-15)4-11-5-10/h11H,4-7H2,1-3H3. The molecule has 0 aromatic heterocycles. The molecule has 0 unspecified atom stereocenters. The average Bonchev–Trinajstić information content (AvgIpc) is 1.94. The van der Waals surface area contributed by atoms with Gasteiger partial charge < -0.3 is 5.32 Å². The molecule has 2 rings (SSSR count). The molecule has 1 amide bonds. The summed E-state index contributed by atoms with van der Waals surface area (Å²) in [5.74, 6) is 0.985. The van der Waals surface area contributed by atoms with Crippen LogP contribution in [0.2, 0.25) is 0 Å². The zero-order valence-electron chi connectivity index (χ0n) is 9.50. The fourth-order valence-corrected chi connectivity index (χ4v) is 4.89. The maximum absolute atomic E-state index is 12.1. The summed E-state index contributed by atoms with van der Waals surface area (Å²) in [6.07, 6.45) is 0. The minimum absolute atomic E-state index is 0.207. The van der Waals surface area contributed by atoms with Gasteiger partial charge >= 0.3 is 0 Å². The number of nitrogens with one attached hydrogen (secondary N) is 1. The van der Waals surface area contributed by atoms with E-state index in [9.17, 15) is 9.00 Å². The van der Waals surface area contributed by atoms with Crippen LogP contribution < -0.4 is 5.32 Å². The third-order valence-electron chi connectivity index (χ3n) is 2.95. The Hall–Kier alpha value is -0.420. The molecule has 5 heteroatoms. The molecule has 2 fully saturated rings. The molecule has 2 aliphatic heterocycles. The molecule has 0 aromatic rings. The summed E-state index contributed by atoms with van der Waals surface area (Å²) in [6.45, 7) is 7.29. The zero-order chi connectivity index (χ0) is 11.3. The summed E-state index contributed by atoms with van der Waals surface area (Å²) >= 11 is 0. The van der Waals surface area contributed by atoms with Crippen LogP contribution >= 0.6 is 0 Å². The van der Waals surface area contributed by atoms with Crippen molar-refractivity contribution in [3.8, 4) is 0 Å². The van der Waals surface area contributed by atoms with Crippen molar-refractivity contribution in [1.82, 2.24) is 5.32 Å². The van der Waals surface area contributed by atoms with Gasteiger partial charge in [0, 0.05) is 35.4 Å². The Bertz CT molecular complexity index is 396. The number of amides is 1. The molecule has 0 radical (unpaired) electrons. The lowest BCUT2D eigenvalue weighted by atomic mass is 9.85. The molecule has 2 saturated heterocycles. The highest BCUT2D eigenvalue weighted by atomic mass is 32.2. The molecule has 0 aromatic carbocycles. The highest BCUT2D eigenvalue weighted by Gasteiger charge is 2.51. The van der Waals surface area contributed by atoms with Gasteiger partial charge in [-0.3, -0.25) is 4.79 Å². The van der Waals surface area contributed by atoms with Crippen LogP contribution in [0, 0.1) is 10.8 Å². The normalized spacial score (nSPS) is 26.6. The molecular formula is C10H18N2O2S. The Morgan fingerprint density at radius 1 is 1.33 bits per heavy atom. The van der Waals surface area contributed by atoms with Gasteiger partial charge in [0.2, 0.25) is 0 Å². The van der Waals surface area contributed by atoms with Crippen molar-refractivity contribution >= 4 is 15.6 Å². The second-order valence-electron chi connectivity index (χ2n) is 5.81. The Labute approximate surface area is 91.0 Å². The van der Waals surface area contributed by atoms with Crippen LogP contribution in [0.25, 0.3) is 0 Å². The molecule has 1 N–H and O–H groups in total. The van der Waals surface area contributed by atoms with Gasteiger partial charge in [-0.1, -0.05) is 20.8 Å². The Kier molecular flexibility index (Phi) is 2.25. The number of nitrogens with zero attached hydrogens (tertiary/aromatic N) is 1. The van der Waals surface area contributed by atoms with Gasteiger partial charge in [0.15, 0.2) is 0 Å². The van der Waals surface area contributed by atoms with Gasteiger partial charge in [-0.25, -0.2) is 4.21 Å². The predicted octanol–water partition coefficient (Wildman–Crippen LogP) is 0.630. The van der Waals surface area contributed by atoms with E-state index in [-0.39, 0.29) is 11.3 Å². The van der Waals surface area contributed by atoms with Crippen LogP contribution in [-0.4, -0.2) is 34.7 Å². The van der Waals surface area contributed by atoms with Crippen molar-refractivity contribution in [2.24, 2.45) is 15.2 Å². The van der Waals surface area contributed by atoms with E-state index in [1.54, 1.807) is 20.8 Å². The number of rotatable bonds is 0. The first-order valence-corrected chi connectivity index (χ1v) is 7.08. The summed E-state index contributed by atoms with van der Waals surface area (Å²) in [7, 11) is -2.20. The first kappa shape index (κ1) is 11.1. The molecule has 2 heterocycles. The number of hydrogen-bond acceptors (Lipinski definition) is 3. The zero-order valence-corrected chi connectivity index (χ0v) is 10.3. The molecule has 0 saturated carbocycles. The smallest absolute Gasteiger partial charge is 0.259 e. The van der Waals surface area contributed by atoms with E-state index >= 15 is 0 Å². The average molecular weight is 230 g/mol. The highest BCUT2D eigenvalue weighted by Crippen LogP contribution is 2.38. The molecule has 4 nitrogen and oxygen atoms in total. The first-order chi connectivity index (χ1) is 6.75. The van der Waals surface area contributed by atoms with Crippen LogP contribution in [-0.2, 0) is 14.5 Å². The van der Waals surface area contributed by atoms with Crippen molar-refractivity contribution in [1.29, 1.82) is 0 Å².